The summed E-state index contributed by atoms with van der Waals surface area (Å²) in [6.45, 7) is 0. The van der Waals surface area contributed by atoms with Crippen LogP contribution in [0.1, 0.15) is 0 Å². The highest BCUT2D eigenvalue weighted by atomic mass is 16.5. The Morgan fingerprint density at radius 1 is 1.18 bits per heavy atom. The minimum atomic E-state index is 0.218. The predicted molar refractivity (Wildman–Crippen MR) is 64.0 cm³/mol. The Balaban J connectivity index is 2.68. The number of aromatic nitrogens is 3. The van der Waals surface area contributed by atoms with E-state index in [0.29, 0.717) is 17.3 Å². The highest BCUT2D eigenvalue weighted by Gasteiger charge is 2.17. The van der Waals surface area contributed by atoms with Crippen molar-refractivity contribution in [3.05, 3.63) is 18.2 Å². The van der Waals surface area contributed by atoms with Crippen molar-refractivity contribution in [1.82, 2.24) is 14.8 Å². The molecule has 6 heteroatoms. The van der Waals surface area contributed by atoms with Crippen LogP contribution in [0.15, 0.2) is 18.2 Å². The lowest BCUT2D eigenvalue weighted by molar-refractivity contribution is 0.396. The average Bonchev–Trinajstić information content (AvgIpc) is 2.67. The number of hydrogen-bond acceptors (Lipinski definition) is 5. The minimum absolute atomic E-state index is 0.218. The van der Waals surface area contributed by atoms with Crippen molar-refractivity contribution in [2.24, 2.45) is 7.05 Å². The van der Waals surface area contributed by atoms with Crippen molar-refractivity contribution < 1.29 is 9.47 Å². The van der Waals surface area contributed by atoms with Gasteiger partial charge < -0.3 is 15.2 Å². The molecule has 0 atom stereocenters. The highest BCUT2D eigenvalue weighted by molar-refractivity contribution is 5.72. The summed E-state index contributed by atoms with van der Waals surface area (Å²) in [5, 5.41) is 4.01. The van der Waals surface area contributed by atoms with Crippen molar-refractivity contribution in [2.45, 2.75) is 0 Å². The molecular weight excluding hydrogens is 220 g/mol. The van der Waals surface area contributed by atoms with Crippen molar-refractivity contribution in [3.8, 4) is 22.9 Å². The molecule has 90 valence electrons. The molecule has 1 aromatic heterocycles. The first-order chi connectivity index (χ1) is 8.17. The number of nitrogen functional groups attached to an aromatic ring is 1. The third kappa shape index (κ3) is 1.89. The monoisotopic (exact) mass is 234 g/mol. The number of hydrogen-bond donors (Lipinski definition) is 1. The van der Waals surface area contributed by atoms with Gasteiger partial charge in [0, 0.05) is 7.05 Å². The zero-order valence-electron chi connectivity index (χ0n) is 9.97. The average molecular weight is 234 g/mol. The molecule has 2 rings (SSSR count). The van der Waals surface area contributed by atoms with Crippen molar-refractivity contribution in [1.29, 1.82) is 0 Å². The third-order valence-corrected chi connectivity index (χ3v) is 2.43. The summed E-state index contributed by atoms with van der Waals surface area (Å²) in [6, 6.07) is 5.52. The SMILES string of the molecule is COc1cccc(OC)c1-c1nc(N)nn1C. The van der Waals surface area contributed by atoms with Crippen molar-refractivity contribution in [3.63, 3.8) is 0 Å². The van der Waals surface area contributed by atoms with Gasteiger partial charge in [-0.05, 0) is 12.1 Å². The van der Waals surface area contributed by atoms with Gasteiger partial charge in [0.25, 0.3) is 0 Å². The summed E-state index contributed by atoms with van der Waals surface area (Å²) in [5.41, 5.74) is 6.32. The summed E-state index contributed by atoms with van der Waals surface area (Å²) in [5.74, 6) is 2.16. The zero-order valence-corrected chi connectivity index (χ0v) is 9.97. The van der Waals surface area contributed by atoms with Crippen LogP contribution in [0.4, 0.5) is 5.95 Å². The van der Waals surface area contributed by atoms with Gasteiger partial charge in [0.15, 0.2) is 5.82 Å². The van der Waals surface area contributed by atoms with Crippen LogP contribution in [-0.4, -0.2) is 29.0 Å². The van der Waals surface area contributed by atoms with Gasteiger partial charge in [0.2, 0.25) is 5.95 Å². The summed E-state index contributed by atoms with van der Waals surface area (Å²) < 4.78 is 12.2. The van der Waals surface area contributed by atoms with Gasteiger partial charge in [-0.2, -0.15) is 4.98 Å². The van der Waals surface area contributed by atoms with Gasteiger partial charge in [-0.1, -0.05) is 6.07 Å². The van der Waals surface area contributed by atoms with Gasteiger partial charge >= 0.3 is 0 Å². The molecule has 2 N–H and O–H groups in total. The van der Waals surface area contributed by atoms with Crippen LogP contribution in [0.25, 0.3) is 11.4 Å². The molecule has 6 nitrogen and oxygen atoms in total. The van der Waals surface area contributed by atoms with E-state index in [0.717, 1.165) is 5.56 Å². The van der Waals surface area contributed by atoms with Gasteiger partial charge in [-0.25, -0.2) is 4.68 Å². The molecule has 0 fully saturated rings. The molecule has 0 saturated heterocycles. The number of ether oxygens (including phenoxy) is 2. The lowest BCUT2D eigenvalue weighted by Gasteiger charge is -2.11. The minimum Gasteiger partial charge on any atom is -0.496 e. The fourth-order valence-electron chi connectivity index (χ4n) is 1.69. The number of rotatable bonds is 3. The number of methoxy groups -OCH3 is 2. The molecule has 0 saturated carbocycles. The predicted octanol–water partition coefficient (Wildman–Crippen LogP) is 1.08. The Bertz CT molecular complexity index is 514. The van der Waals surface area contributed by atoms with E-state index in [9.17, 15) is 0 Å². The van der Waals surface area contributed by atoms with E-state index in [1.807, 2.05) is 18.2 Å². The fraction of sp³-hybridized carbons (Fsp3) is 0.273. The summed E-state index contributed by atoms with van der Waals surface area (Å²) in [6.07, 6.45) is 0. The summed E-state index contributed by atoms with van der Waals surface area (Å²) >= 11 is 0. The van der Waals surface area contributed by atoms with Gasteiger partial charge in [0.1, 0.15) is 17.1 Å². The first-order valence-electron chi connectivity index (χ1n) is 5.05. The number of benzene rings is 1. The van der Waals surface area contributed by atoms with E-state index < -0.39 is 0 Å². The smallest absolute Gasteiger partial charge is 0.240 e. The topological polar surface area (TPSA) is 75.2 Å². The second-order valence-corrected chi connectivity index (χ2v) is 3.45. The molecule has 0 aliphatic rings. The molecule has 0 radical (unpaired) electrons. The van der Waals surface area contributed by atoms with Crippen LogP contribution >= 0.6 is 0 Å². The first-order valence-corrected chi connectivity index (χ1v) is 5.05. The fourth-order valence-corrected chi connectivity index (χ4v) is 1.69. The maximum absolute atomic E-state index is 5.58. The Hall–Kier alpha value is -2.24. The standard InChI is InChI=1S/C11H14N4O2/c1-15-10(13-11(12)14-15)9-7(16-2)5-4-6-8(9)17-3/h4-6H,1-3H3,(H2,12,14). The van der Waals surface area contributed by atoms with Crippen LogP contribution in [0.3, 0.4) is 0 Å². The number of nitrogens with zero attached hydrogens (tertiary/aromatic N) is 3. The van der Waals surface area contributed by atoms with E-state index in [2.05, 4.69) is 10.1 Å². The first kappa shape index (κ1) is 11.3. The number of nitrogens with two attached hydrogens (primary N) is 1. The molecule has 0 amide bonds. The molecule has 0 bridgehead atoms. The number of anilines is 1. The zero-order chi connectivity index (χ0) is 12.4. The van der Waals surface area contributed by atoms with E-state index in [-0.39, 0.29) is 5.95 Å². The Kier molecular flexibility index (Phi) is 2.86. The molecule has 1 aromatic carbocycles. The number of aryl methyl sites for hydroxylation is 1. The molecule has 0 unspecified atom stereocenters. The van der Waals surface area contributed by atoms with Gasteiger partial charge in [-0.3, -0.25) is 0 Å². The molecule has 2 aromatic rings. The second kappa shape index (κ2) is 4.32. The second-order valence-electron chi connectivity index (χ2n) is 3.45. The molecular formula is C11H14N4O2. The van der Waals surface area contributed by atoms with E-state index >= 15 is 0 Å². The molecule has 17 heavy (non-hydrogen) atoms. The lowest BCUT2D eigenvalue weighted by atomic mass is 10.1. The van der Waals surface area contributed by atoms with Crippen molar-refractivity contribution >= 4 is 5.95 Å². The van der Waals surface area contributed by atoms with Crippen LogP contribution in [0.2, 0.25) is 0 Å². The Morgan fingerprint density at radius 2 is 1.76 bits per heavy atom. The van der Waals surface area contributed by atoms with E-state index in [4.69, 9.17) is 15.2 Å². The van der Waals surface area contributed by atoms with E-state index in [1.54, 1.807) is 25.9 Å². The lowest BCUT2D eigenvalue weighted by Crippen LogP contribution is -1.99. The largest absolute Gasteiger partial charge is 0.496 e. The summed E-state index contributed by atoms with van der Waals surface area (Å²) in [4.78, 5) is 4.17. The molecule has 0 aliphatic carbocycles. The Morgan fingerprint density at radius 3 is 2.18 bits per heavy atom. The maximum atomic E-state index is 5.58. The summed E-state index contributed by atoms with van der Waals surface area (Å²) in [7, 11) is 4.96. The van der Waals surface area contributed by atoms with Crippen LogP contribution < -0.4 is 15.2 Å². The van der Waals surface area contributed by atoms with E-state index in [1.165, 1.54) is 0 Å². The van der Waals surface area contributed by atoms with Crippen LogP contribution in [0, 0.1) is 0 Å². The molecule has 0 spiro atoms. The normalized spacial score (nSPS) is 10.3. The maximum Gasteiger partial charge on any atom is 0.240 e. The van der Waals surface area contributed by atoms with Crippen LogP contribution in [0.5, 0.6) is 11.5 Å². The van der Waals surface area contributed by atoms with Gasteiger partial charge in [-0.15, -0.1) is 5.10 Å². The van der Waals surface area contributed by atoms with Gasteiger partial charge in [0.05, 0.1) is 14.2 Å². The quantitative estimate of drug-likeness (QED) is 0.860. The van der Waals surface area contributed by atoms with Crippen LogP contribution in [-0.2, 0) is 7.05 Å². The highest BCUT2D eigenvalue weighted by Crippen LogP contribution is 2.36. The Labute approximate surface area is 99.0 Å². The van der Waals surface area contributed by atoms with Crippen molar-refractivity contribution in [2.75, 3.05) is 20.0 Å². The third-order valence-electron chi connectivity index (χ3n) is 2.43. The molecule has 0 aliphatic heterocycles. The molecule has 1 heterocycles.